The summed E-state index contributed by atoms with van der Waals surface area (Å²) in [6.45, 7) is 2.06. The first-order valence-corrected chi connectivity index (χ1v) is 5.40. The molecule has 0 aromatic heterocycles. The molecule has 1 aliphatic rings. The SMILES string of the molecule is Cc1ccc(C(=NN=C(N)N)C2CC2)cc1. The minimum absolute atomic E-state index is 0.00487. The maximum absolute atomic E-state index is 5.28. The average Bonchev–Trinajstić information content (AvgIpc) is 3.04. The van der Waals surface area contributed by atoms with E-state index in [-0.39, 0.29) is 5.96 Å². The first-order valence-electron chi connectivity index (χ1n) is 5.40. The second kappa shape index (κ2) is 4.35. The maximum Gasteiger partial charge on any atom is 0.211 e. The molecule has 0 spiro atoms. The number of guanidine groups is 1. The minimum Gasteiger partial charge on any atom is -0.369 e. The van der Waals surface area contributed by atoms with Gasteiger partial charge >= 0.3 is 0 Å². The highest BCUT2D eigenvalue weighted by Crippen LogP contribution is 2.33. The van der Waals surface area contributed by atoms with E-state index in [1.165, 1.54) is 18.4 Å². The zero-order chi connectivity index (χ0) is 11.5. The van der Waals surface area contributed by atoms with Crippen LogP contribution in [0.3, 0.4) is 0 Å². The van der Waals surface area contributed by atoms with Crippen molar-refractivity contribution in [2.45, 2.75) is 19.8 Å². The zero-order valence-corrected chi connectivity index (χ0v) is 9.35. The fourth-order valence-corrected chi connectivity index (χ4v) is 1.57. The Morgan fingerprint density at radius 1 is 1.12 bits per heavy atom. The van der Waals surface area contributed by atoms with Gasteiger partial charge in [0.15, 0.2) is 0 Å². The topological polar surface area (TPSA) is 76.8 Å². The third kappa shape index (κ3) is 2.59. The molecule has 1 aliphatic carbocycles. The van der Waals surface area contributed by atoms with Gasteiger partial charge < -0.3 is 11.5 Å². The van der Waals surface area contributed by atoms with Crippen LogP contribution >= 0.6 is 0 Å². The third-order valence-corrected chi connectivity index (χ3v) is 2.58. The Morgan fingerprint density at radius 2 is 1.75 bits per heavy atom. The molecule has 1 aromatic rings. The number of benzene rings is 1. The van der Waals surface area contributed by atoms with Crippen molar-refractivity contribution in [2.75, 3.05) is 0 Å². The number of nitrogens with zero attached hydrogens (tertiary/aromatic N) is 2. The molecule has 84 valence electrons. The van der Waals surface area contributed by atoms with Gasteiger partial charge in [-0.05, 0) is 25.3 Å². The van der Waals surface area contributed by atoms with Gasteiger partial charge in [0.05, 0.1) is 5.71 Å². The van der Waals surface area contributed by atoms with Crippen LogP contribution in [0.4, 0.5) is 0 Å². The van der Waals surface area contributed by atoms with E-state index < -0.39 is 0 Å². The molecule has 1 aromatic carbocycles. The molecule has 0 bridgehead atoms. The highest BCUT2D eigenvalue weighted by molar-refractivity contribution is 6.03. The normalized spacial score (nSPS) is 15.9. The van der Waals surface area contributed by atoms with E-state index in [9.17, 15) is 0 Å². The van der Waals surface area contributed by atoms with Crippen LogP contribution in [0, 0.1) is 12.8 Å². The summed E-state index contributed by atoms with van der Waals surface area (Å²) < 4.78 is 0. The van der Waals surface area contributed by atoms with E-state index in [4.69, 9.17) is 11.5 Å². The van der Waals surface area contributed by atoms with Crippen molar-refractivity contribution in [1.82, 2.24) is 0 Å². The summed E-state index contributed by atoms with van der Waals surface area (Å²) in [5.41, 5.74) is 13.9. The van der Waals surface area contributed by atoms with Gasteiger partial charge in [-0.25, -0.2) is 0 Å². The second-order valence-corrected chi connectivity index (χ2v) is 4.15. The molecule has 4 N–H and O–H groups in total. The van der Waals surface area contributed by atoms with E-state index in [1.54, 1.807) is 0 Å². The van der Waals surface area contributed by atoms with Crippen LogP contribution in [0.15, 0.2) is 34.5 Å². The Hall–Kier alpha value is -1.84. The molecule has 4 heteroatoms. The van der Waals surface area contributed by atoms with Crippen molar-refractivity contribution in [1.29, 1.82) is 0 Å². The van der Waals surface area contributed by atoms with E-state index in [1.807, 2.05) is 0 Å². The molecular formula is C12H16N4. The van der Waals surface area contributed by atoms with Crippen LogP contribution in [0.1, 0.15) is 24.0 Å². The van der Waals surface area contributed by atoms with E-state index in [0.717, 1.165) is 11.3 Å². The fourth-order valence-electron chi connectivity index (χ4n) is 1.57. The van der Waals surface area contributed by atoms with Crippen molar-refractivity contribution in [3.05, 3.63) is 35.4 Å². The van der Waals surface area contributed by atoms with Crippen LogP contribution in [0.2, 0.25) is 0 Å². The number of aryl methyl sites for hydroxylation is 1. The van der Waals surface area contributed by atoms with Crippen molar-refractivity contribution >= 4 is 11.7 Å². The van der Waals surface area contributed by atoms with Crippen molar-refractivity contribution in [3.63, 3.8) is 0 Å². The maximum atomic E-state index is 5.28. The quantitative estimate of drug-likeness (QED) is 0.455. The monoisotopic (exact) mass is 216 g/mol. The van der Waals surface area contributed by atoms with Crippen molar-refractivity contribution < 1.29 is 0 Å². The summed E-state index contributed by atoms with van der Waals surface area (Å²) in [6.07, 6.45) is 2.35. The van der Waals surface area contributed by atoms with Crippen LogP contribution in [0.25, 0.3) is 0 Å². The van der Waals surface area contributed by atoms with Crippen molar-refractivity contribution in [2.24, 2.45) is 27.6 Å². The van der Waals surface area contributed by atoms with Crippen LogP contribution in [-0.2, 0) is 0 Å². The molecule has 0 heterocycles. The van der Waals surface area contributed by atoms with Crippen LogP contribution in [0.5, 0.6) is 0 Å². The largest absolute Gasteiger partial charge is 0.369 e. The van der Waals surface area contributed by atoms with Gasteiger partial charge in [-0.1, -0.05) is 29.8 Å². The molecule has 2 rings (SSSR count). The third-order valence-electron chi connectivity index (χ3n) is 2.58. The van der Waals surface area contributed by atoms with Gasteiger partial charge in [0, 0.05) is 5.92 Å². The summed E-state index contributed by atoms with van der Waals surface area (Å²) in [6, 6.07) is 8.27. The lowest BCUT2D eigenvalue weighted by Crippen LogP contribution is -2.22. The van der Waals surface area contributed by atoms with Gasteiger partial charge in [0.25, 0.3) is 0 Å². The standard InChI is InChI=1S/C12H16N4/c1-8-2-4-9(5-3-8)11(10-6-7-10)15-16-12(13)14/h2-5,10H,6-7H2,1H3,(H4,13,14,16). The molecular weight excluding hydrogens is 200 g/mol. The number of nitrogens with two attached hydrogens (primary N) is 2. The number of rotatable bonds is 3. The van der Waals surface area contributed by atoms with E-state index >= 15 is 0 Å². The first-order chi connectivity index (χ1) is 7.66. The number of hydrogen-bond donors (Lipinski definition) is 2. The van der Waals surface area contributed by atoms with E-state index in [2.05, 4.69) is 41.4 Å². The highest BCUT2D eigenvalue weighted by Gasteiger charge is 2.28. The van der Waals surface area contributed by atoms with E-state index in [0.29, 0.717) is 5.92 Å². The van der Waals surface area contributed by atoms with Gasteiger partial charge in [-0.2, -0.15) is 5.10 Å². The van der Waals surface area contributed by atoms with Gasteiger partial charge in [0.2, 0.25) is 5.96 Å². The summed E-state index contributed by atoms with van der Waals surface area (Å²) in [5.74, 6) is 0.524. The lowest BCUT2D eigenvalue weighted by Gasteiger charge is -2.03. The van der Waals surface area contributed by atoms with Gasteiger partial charge in [-0.15, -0.1) is 5.10 Å². The van der Waals surface area contributed by atoms with Gasteiger partial charge in [0.1, 0.15) is 0 Å². The Balaban J connectivity index is 2.29. The first kappa shape index (κ1) is 10.7. The smallest absolute Gasteiger partial charge is 0.211 e. The lowest BCUT2D eigenvalue weighted by atomic mass is 10.1. The summed E-state index contributed by atoms with van der Waals surface area (Å²) >= 11 is 0. The molecule has 0 unspecified atom stereocenters. The molecule has 0 aliphatic heterocycles. The molecule has 0 radical (unpaired) electrons. The predicted molar refractivity (Wildman–Crippen MR) is 66.2 cm³/mol. The highest BCUT2D eigenvalue weighted by atomic mass is 15.3. The number of hydrogen-bond acceptors (Lipinski definition) is 2. The molecule has 0 saturated heterocycles. The Morgan fingerprint density at radius 3 is 2.25 bits per heavy atom. The Labute approximate surface area is 95.1 Å². The minimum atomic E-state index is 0.00487. The summed E-state index contributed by atoms with van der Waals surface area (Å²) in [4.78, 5) is 0. The molecule has 16 heavy (non-hydrogen) atoms. The zero-order valence-electron chi connectivity index (χ0n) is 9.35. The Kier molecular flexibility index (Phi) is 2.90. The summed E-state index contributed by atoms with van der Waals surface area (Å²) in [7, 11) is 0. The second-order valence-electron chi connectivity index (χ2n) is 4.15. The van der Waals surface area contributed by atoms with Crippen LogP contribution < -0.4 is 11.5 Å². The molecule has 0 atom stereocenters. The van der Waals surface area contributed by atoms with Crippen molar-refractivity contribution in [3.8, 4) is 0 Å². The van der Waals surface area contributed by atoms with Gasteiger partial charge in [-0.3, -0.25) is 0 Å². The summed E-state index contributed by atoms with van der Waals surface area (Å²) in [5, 5.41) is 7.88. The molecule has 1 fully saturated rings. The molecule has 1 saturated carbocycles. The molecule has 4 nitrogen and oxygen atoms in total. The molecule has 0 amide bonds. The predicted octanol–water partition coefficient (Wildman–Crippen LogP) is 1.38. The Bertz CT molecular complexity index is 423. The van der Waals surface area contributed by atoms with Crippen LogP contribution in [-0.4, -0.2) is 11.7 Å². The average molecular weight is 216 g/mol. The lowest BCUT2D eigenvalue weighted by molar-refractivity contribution is 1.11. The fraction of sp³-hybridized carbons (Fsp3) is 0.333.